The van der Waals surface area contributed by atoms with Crippen LogP contribution in [0.25, 0.3) is 0 Å². The fraction of sp³-hybridized carbons (Fsp3) is 0.818. The second-order valence-electron chi connectivity index (χ2n) is 4.48. The molecule has 0 saturated heterocycles. The number of rotatable bonds is 5. The molecule has 1 saturated carbocycles. The van der Waals surface area contributed by atoms with Crippen molar-refractivity contribution in [1.29, 1.82) is 0 Å². The predicted octanol–water partition coefficient (Wildman–Crippen LogP) is 0.867. The average Bonchev–Trinajstić information content (AvgIpc) is 2.99. The fourth-order valence-corrected chi connectivity index (χ4v) is 2.30. The number of nitrogens with two attached hydrogens (primary N) is 1. The second kappa shape index (κ2) is 5.12. The molecule has 6 heteroatoms. The first-order valence-electron chi connectivity index (χ1n) is 5.97. The second-order valence-corrected chi connectivity index (χ2v) is 4.48. The third-order valence-corrected chi connectivity index (χ3v) is 3.41. The summed E-state index contributed by atoms with van der Waals surface area (Å²) in [6.45, 7) is 0.00823. The Hall–Kier alpha value is -0.980. The highest BCUT2D eigenvalue weighted by atomic mass is 16.5. The van der Waals surface area contributed by atoms with E-state index in [1.165, 1.54) is 0 Å². The molecule has 1 heterocycles. The van der Waals surface area contributed by atoms with Crippen LogP contribution < -0.4 is 5.73 Å². The molecule has 1 aliphatic carbocycles. The number of aliphatic hydroxyl groups is 1. The molecule has 0 aromatic carbocycles. The highest BCUT2D eigenvalue weighted by molar-refractivity contribution is 5.05. The lowest BCUT2D eigenvalue weighted by molar-refractivity contribution is -0.0178. The lowest BCUT2D eigenvalue weighted by Crippen LogP contribution is -2.26. The third kappa shape index (κ3) is 2.34. The van der Waals surface area contributed by atoms with Crippen LogP contribution in [0, 0.1) is 0 Å². The van der Waals surface area contributed by atoms with E-state index in [9.17, 15) is 0 Å². The summed E-state index contributed by atoms with van der Waals surface area (Å²) in [5.41, 5.74) is 5.40. The summed E-state index contributed by atoms with van der Waals surface area (Å²) in [7, 11) is 1.68. The Morgan fingerprint density at radius 3 is 2.82 bits per heavy atom. The molecule has 1 fully saturated rings. The first-order chi connectivity index (χ1) is 8.22. The molecule has 0 amide bonds. The van der Waals surface area contributed by atoms with Crippen molar-refractivity contribution < 1.29 is 14.4 Å². The van der Waals surface area contributed by atoms with Gasteiger partial charge in [-0.3, -0.25) is 0 Å². The van der Waals surface area contributed by atoms with Gasteiger partial charge in [0.05, 0.1) is 6.04 Å². The van der Waals surface area contributed by atoms with Crippen LogP contribution in [-0.4, -0.2) is 29.0 Å². The molecule has 0 radical (unpaired) electrons. The smallest absolute Gasteiger partial charge is 0.243 e. The first-order valence-corrected chi connectivity index (χ1v) is 5.97. The Labute approximate surface area is 100 Å². The molecular weight excluding hydrogens is 222 g/mol. The Balaban J connectivity index is 2.16. The minimum atomic E-state index is -0.406. The molecule has 3 N–H and O–H groups in total. The number of methoxy groups -OCH3 is 1. The first kappa shape index (κ1) is 12.5. The van der Waals surface area contributed by atoms with Gasteiger partial charge in [-0.15, -0.1) is 0 Å². The van der Waals surface area contributed by atoms with E-state index in [1.807, 2.05) is 0 Å². The number of hydrogen-bond acceptors (Lipinski definition) is 6. The van der Waals surface area contributed by atoms with E-state index in [2.05, 4.69) is 10.1 Å². The van der Waals surface area contributed by atoms with Gasteiger partial charge in [0, 0.05) is 13.7 Å². The Bertz CT molecular complexity index is 361. The van der Waals surface area contributed by atoms with Crippen LogP contribution in [0.4, 0.5) is 0 Å². The summed E-state index contributed by atoms with van der Waals surface area (Å²) in [6.07, 6.45) is 4.47. The summed E-state index contributed by atoms with van der Waals surface area (Å²) >= 11 is 0. The van der Waals surface area contributed by atoms with E-state index in [0.717, 1.165) is 25.7 Å². The van der Waals surface area contributed by atoms with E-state index in [0.29, 0.717) is 18.1 Å². The van der Waals surface area contributed by atoms with Gasteiger partial charge < -0.3 is 20.1 Å². The third-order valence-electron chi connectivity index (χ3n) is 3.41. The molecule has 96 valence electrons. The molecular formula is C11H19N3O3. The van der Waals surface area contributed by atoms with Crippen LogP contribution in [0.1, 0.15) is 49.9 Å². The van der Waals surface area contributed by atoms with Crippen LogP contribution in [0.15, 0.2) is 4.52 Å². The van der Waals surface area contributed by atoms with Gasteiger partial charge in [-0.2, -0.15) is 4.98 Å². The van der Waals surface area contributed by atoms with Gasteiger partial charge in [-0.05, 0) is 32.1 Å². The highest BCUT2D eigenvalue weighted by Crippen LogP contribution is 2.40. The topological polar surface area (TPSA) is 94.4 Å². The van der Waals surface area contributed by atoms with Crippen molar-refractivity contribution in [2.24, 2.45) is 5.73 Å². The van der Waals surface area contributed by atoms with Crippen LogP contribution in [0.2, 0.25) is 0 Å². The zero-order chi connectivity index (χ0) is 12.3. The zero-order valence-electron chi connectivity index (χ0n) is 10.1. The van der Waals surface area contributed by atoms with Crippen molar-refractivity contribution in [3.8, 4) is 0 Å². The van der Waals surface area contributed by atoms with E-state index >= 15 is 0 Å². The van der Waals surface area contributed by atoms with Gasteiger partial charge in [0.1, 0.15) is 5.60 Å². The maximum atomic E-state index is 8.82. The molecule has 0 bridgehead atoms. The molecule has 1 aromatic rings. The summed E-state index contributed by atoms with van der Waals surface area (Å²) in [5.74, 6) is 0.957. The minimum absolute atomic E-state index is 0.00823. The van der Waals surface area contributed by atoms with Crippen LogP contribution in [0.5, 0.6) is 0 Å². The molecule has 1 unspecified atom stereocenters. The lowest BCUT2D eigenvalue weighted by atomic mass is 10.0. The summed E-state index contributed by atoms with van der Waals surface area (Å²) in [4.78, 5) is 4.31. The fourth-order valence-electron chi connectivity index (χ4n) is 2.30. The quantitative estimate of drug-likeness (QED) is 0.794. The number of nitrogens with zero attached hydrogens (tertiary/aromatic N) is 2. The van der Waals surface area contributed by atoms with Crippen molar-refractivity contribution in [2.75, 3.05) is 13.7 Å². The van der Waals surface area contributed by atoms with Gasteiger partial charge in [-0.1, -0.05) is 5.16 Å². The molecule has 6 nitrogen and oxygen atoms in total. The van der Waals surface area contributed by atoms with Gasteiger partial charge in [0.25, 0.3) is 0 Å². The number of ether oxygens (including phenoxy) is 1. The predicted molar refractivity (Wildman–Crippen MR) is 60.1 cm³/mol. The van der Waals surface area contributed by atoms with Gasteiger partial charge in [0.2, 0.25) is 11.7 Å². The van der Waals surface area contributed by atoms with Crippen molar-refractivity contribution in [1.82, 2.24) is 10.1 Å². The van der Waals surface area contributed by atoms with Crippen LogP contribution >= 0.6 is 0 Å². The van der Waals surface area contributed by atoms with Crippen molar-refractivity contribution in [3.05, 3.63) is 11.7 Å². The molecule has 1 atom stereocenters. The van der Waals surface area contributed by atoms with Crippen molar-refractivity contribution >= 4 is 0 Å². The Kier molecular flexibility index (Phi) is 3.76. The highest BCUT2D eigenvalue weighted by Gasteiger charge is 2.40. The van der Waals surface area contributed by atoms with E-state index in [1.54, 1.807) is 7.11 Å². The summed E-state index contributed by atoms with van der Waals surface area (Å²) in [5, 5.41) is 12.8. The van der Waals surface area contributed by atoms with Gasteiger partial charge >= 0.3 is 0 Å². The number of aromatic nitrogens is 2. The van der Waals surface area contributed by atoms with E-state index in [4.69, 9.17) is 20.1 Å². The number of hydrogen-bond donors (Lipinski definition) is 2. The van der Waals surface area contributed by atoms with E-state index < -0.39 is 11.6 Å². The standard InChI is InChI=1S/C11H19N3O3/c1-16-11(5-2-3-6-11)10-13-9(17-14-10)8(12)4-7-15/h8,15H,2-7,12H2,1H3. The summed E-state index contributed by atoms with van der Waals surface area (Å²) in [6, 6.07) is -0.406. The minimum Gasteiger partial charge on any atom is -0.396 e. The molecule has 0 spiro atoms. The maximum Gasteiger partial charge on any atom is 0.243 e. The van der Waals surface area contributed by atoms with Crippen molar-refractivity contribution in [3.63, 3.8) is 0 Å². The molecule has 0 aliphatic heterocycles. The SMILES string of the molecule is COC1(c2noc(C(N)CCO)n2)CCCC1. The monoisotopic (exact) mass is 241 g/mol. The molecule has 2 rings (SSSR count). The normalized spacial score (nSPS) is 20.6. The van der Waals surface area contributed by atoms with Gasteiger partial charge in [-0.25, -0.2) is 0 Å². The van der Waals surface area contributed by atoms with Crippen LogP contribution in [0.3, 0.4) is 0 Å². The lowest BCUT2D eigenvalue weighted by Gasteiger charge is -2.22. The number of aliphatic hydroxyl groups excluding tert-OH is 1. The molecule has 17 heavy (non-hydrogen) atoms. The molecule has 1 aliphatic rings. The van der Waals surface area contributed by atoms with Crippen LogP contribution in [-0.2, 0) is 10.3 Å². The Morgan fingerprint density at radius 1 is 1.53 bits per heavy atom. The van der Waals surface area contributed by atoms with E-state index in [-0.39, 0.29) is 6.61 Å². The maximum absolute atomic E-state index is 8.82. The Morgan fingerprint density at radius 2 is 2.24 bits per heavy atom. The molecule has 1 aromatic heterocycles. The van der Waals surface area contributed by atoms with Gasteiger partial charge in [0.15, 0.2) is 0 Å². The zero-order valence-corrected chi connectivity index (χ0v) is 10.1. The average molecular weight is 241 g/mol. The summed E-state index contributed by atoms with van der Waals surface area (Å²) < 4.78 is 10.7. The van der Waals surface area contributed by atoms with Crippen molar-refractivity contribution in [2.45, 2.75) is 43.7 Å². The largest absolute Gasteiger partial charge is 0.396 e.